The van der Waals surface area contributed by atoms with Crippen LogP contribution in [0.4, 0.5) is 0 Å². The number of nitrogens with zero attached hydrogens (tertiary/aromatic N) is 2. The van der Waals surface area contributed by atoms with Crippen LogP contribution in [0.25, 0.3) is 0 Å². The van der Waals surface area contributed by atoms with Crippen molar-refractivity contribution in [3.63, 3.8) is 0 Å². The molecule has 0 spiro atoms. The van der Waals surface area contributed by atoms with Gasteiger partial charge < -0.3 is 15.5 Å². The van der Waals surface area contributed by atoms with Crippen molar-refractivity contribution in [2.24, 2.45) is 4.99 Å². The molecule has 1 rings (SSSR count). The number of sulfonamides is 1. The molecule has 1 aromatic rings. The Morgan fingerprint density at radius 1 is 1.15 bits per heavy atom. The van der Waals surface area contributed by atoms with E-state index in [4.69, 9.17) is 0 Å². The van der Waals surface area contributed by atoms with Crippen molar-refractivity contribution in [3.05, 3.63) is 35.4 Å². The van der Waals surface area contributed by atoms with Crippen LogP contribution in [0.3, 0.4) is 0 Å². The average molecular weight is 398 g/mol. The van der Waals surface area contributed by atoms with Gasteiger partial charge in [-0.3, -0.25) is 9.79 Å². The summed E-state index contributed by atoms with van der Waals surface area (Å²) in [6.45, 7) is 5.53. The maximum Gasteiger partial charge on any atom is 0.253 e. The van der Waals surface area contributed by atoms with E-state index in [1.165, 1.54) is 0 Å². The predicted molar refractivity (Wildman–Crippen MR) is 110 cm³/mol. The van der Waals surface area contributed by atoms with Gasteiger partial charge in [0.15, 0.2) is 5.96 Å². The Labute approximate surface area is 162 Å². The molecule has 0 aliphatic rings. The maximum atomic E-state index is 12.0. The van der Waals surface area contributed by atoms with Crippen LogP contribution < -0.4 is 15.4 Å². The topological polar surface area (TPSA) is 103 Å². The summed E-state index contributed by atoms with van der Waals surface area (Å²) in [6.07, 6.45) is 0.738. The molecule has 3 N–H and O–H groups in total. The highest BCUT2D eigenvalue weighted by Gasteiger charge is 2.08. The third kappa shape index (κ3) is 8.87. The predicted octanol–water partition coefficient (Wildman–Crippen LogP) is 0.425. The van der Waals surface area contributed by atoms with Crippen molar-refractivity contribution in [3.8, 4) is 0 Å². The van der Waals surface area contributed by atoms with Gasteiger partial charge in [-0.15, -0.1) is 0 Å². The van der Waals surface area contributed by atoms with Crippen molar-refractivity contribution in [1.29, 1.82) is 0 Å². The SMILES string of the molecule is CCNC(=NCCNS(=O)(=O)CC)NCCc1cccc(C(=O)N(C)C)c1. The van der Waals surface area contributed by atoms with Gasteiger partial charge in [-0.1, -0.05) is 12.1 Å². The molecule has 1 amide bonds. The number of guanidine groups is 1. The lowest BCUT2D eigenvalue weighted by Gasteiger charge is -2.13. The molecule has 0 bridgehead atoms. The summed E-state index contributed by atoms with van der Waals surface area (Å²) in [6, 6.07) is 7.57. The Hall–Kier alpha value is -2.13. The van der Waals surface area contributed by atoms with Crippen LogP contribution in [-0.4, -0.2) is 71.2 Å². The molecule has 27 heavy (non-hydrogen) atoms. The van der Waals surface area contributed by atoms with Gasteiger partial charge in [0.05, 0.1) is 12.3 Å². The van der Waals surface area contributed by atoms with Crippen LogP contribution in [0, 0.1) is 0 Å². The Bertz CT molecular complexity index is 732. The second kappa shape index (κ2) is 11.6. The number of rotatable bonds is 10. The van der Waals surface area contributed by atoms with Gasteiger partial charge in [-0.25, -0.2) is 13.1 Å². The standard InChI is InChI=1S/C18H31N5O3S/c1-5-19-18(21-12-13-22-27(25,26)6-2)20-11-10-15-8-7-9-16(14-15)17(24)23(3)4/h7-9,14,22H,5-6,10-13H2,1-4H3,(H2,19,20,21). The van der Waals surface area contributed by atoms with E-state index in [2.05, 4.69) is 20.3 Å². The van der Waals surface area contributed by atoms with Crippen molar-refractivity contribution in [1.82, 2.24) is 20.3 Å². The van der Waals surface area contributed by atoms with Crippen LogP contribution in [0.2, 0.25) is 0 Å². The summed E-state index contributed by atoms with van der Waals surface area (Å²) in [5.74, 6) is 0.674. The van der Waals surface area contributed by atoms with Gasteiger partial charge in [0.1, 0.15) is 0 Å². The summed E-state index contributed by atoms with van der Waals surface area (Å²) >= 11 is 0. The highest BCUT2D eigenvalue weighted by Crippen LogP contribution is 2.07. The van der Waals surface area contributed by atoms with Crippen LogP contribution in [0.1, 0.15) is 29.8 Å². The molecule has 0 fully saturated rings. The molecule has 0 saturated heterocycles. The van der Waals surface area contributed by atoms with Crippen molar-refractivity contribution in [2.45, 2.75) is 20.3 Å². The Kier molecular flexibility index (Phi) is 9.81. The molecule has 0 saturated carbocycles. The van der Waals surface area contributed by atoms with E-state index < -0.39 is 10.0 Å². The van der Waals surface area contributed by atoms with Gasteiger partial charge >= 0.3 is 0 Å². The van der Waals surface area contributed by atoms with Crippen molar-refractivity contribution >= 4 is 21.9 Å². The number of aliphatic imine (C=N–C) groups is 1. The molecule has 1 aromatic carbocycles. The van der Waals surface area contributed by atoms with E-state index in [1.807, 2.05) is 31.2 Å². The number of hydrogen-bond acceptors (Lipinski definition) is 4. The number of benzene rings is 1. The fraction of sp³-hybridized carbons (Fsp3) is 0.556. The number of nitrogens with one attached hydrogen (secondary N) is 3. The third-order valence-electron chi connectivity index (χ3n) is 3.71. The molecular formula is C18H31N5O3S. The lowest BCUT2D eigenvalue weighted by molar-refractivity contribution is 0.0827. The van der Waals surface area contributed by atoms with Crippen molar-refractivity contribution < 1.29 is 13.2 Å². The van der Waals surface area contributed by atoms with Gasteiger partial charge in [-0.05, 0) is 38.0 Å². The normalized spacial score (nSPS) is 11.9. The van der Waals surface area contributed by atoms with Crippen LogP contribution >= 0.6 is 0 Å². The Balaban J connectivity index is 2.54. The summed E-state index contributed by atoms with van der Waals surface area (Å²) in [7, 11) is 0.274. The smallest absolute Gasteiger partial charge is 0.253 e. The first-order valence-electron chi connectivity index (χ1n) is 9.09. The highest BCUT2D eigenvalue weighted by atomic mass is 32.2. The van der Waals surface area contributed by atoms with E-state index in [-0.39, 0.29) is 18.2 Å². The first kappa shape index (κ1) is 22.9. The monoisotopic (exact) mass is 397 g/mol. The second-order valence-electron chi connectivity index (χ2n) is 6.14. The van der Waals surface area contributed by atoms with Crippen molar-refractivity contribution in [2.75, 3.05) is 46.0 Å². The minimum absolute atomic E-state index is 0.0192. The first-order chi connectivity index (χ1) is 12.8. The zero-order valence-corrected chi connectivity index (χ0v) is 17.4. The fourth-order valence-corrected chi connectivity index (χ4v) is 2.86. The lowest BCUT2D eigenvalue weighted by atomic mass is 10.1. The van der Waals surface area contributed by atoms with Gasteiger partial charge in [0.25, 0.3) is 5.91 Å². The van der Waals surface area contributed by atoms with Crippen LogP contribution in [-0.2, 0) is 16.4 Å². The quantitative estimate of drug-likeness (QED) is 0.302. The number of carbonyl (C=O) groups excluding carboxylic acids is 1. The zero-order chi connectivity index (χ0) is 20.3. The Morgan fingerprint density at radius 3 is 2.52 bits per heavy atom. The van der Waals surface area contributed by atoms with Gasteiger partial charge in [-0.2, -0.15) is 0 Å². The number of hydrogen-bond donors (Lipinski definition) is 3. The van der Waals surface area contributed by atoms with Gasteiger partial charge in [0.2, 0.25) is 10.0 Å². The second-order valence-corrected chi connectivity index (χ2v) is 8.23. The fourth-order valence-electron chi connectivity index (χ4n) is 2.26. The van der Waals surface area contributed by atoms with E-state index in [0.29, 0.717) is 31.2 Å². The maximum absolute atomic E-state index is 12.0. The summed E-state index contributed by atoms with van der Waals surface area (Å²) in [5, 5.41) is 6.34. The number of carbonyl (C=O) groups is 1. The Morgan fingerprint density at radius 2 is 1.89 bits per heavy atom. The summed E-state index contributed by atoms with van der Waals surface area (Å²) < 4.78 is 25.3. The molecule has 0 radical (unpaired) electrons. The molecule has 0 unspecified atom stereocenters. The summed E-state index contributed by atoms with van der Waals surface area (Å²) in [5.41, 5.74) is 1.73. The number of amides is 1. The van der Waals surface area contributed by atoms with E-state index in [9.17, 15) is 13.2 Å². The van der Waals surface area contributed by atoms with E-state index in [1.54, 1.807) is 25.9 Å². The minimum Gasteiger partial charge on any atom is -0.357 e. The first-order valence-corrected chi connectivity index (χ1v) is 10.7. The largest absolute Gasteiger partial charge is 0.357 e. The summed E-state index contributed by atoms with van der Waals surface area (Å²) in [4.78, 5) is 17.9. The molecule has 8 nitrogen and oxygen atoms in total. The molecule has 0 aliphatic carbocycles. The van der Waals surface area contributed by atoms with Crippen LogP contribution in [0.5, 0.6) is 0 Å². The highest BCUT2D eigenvalue weighted by molar-refractivity contribution is 7.89. The minimum atomic E-state index is -3.19. The molecule has 9 heteroatoms. The molecular weight excluding hydrogens is 366 g/mol. The molecule has 0 heterocycles. The lowest BCUT2D eigenvalue weighted by Crippen LogP contribution is -2.39. The molecule has 0 aromatic heterocycles. The molecule has 152 valence electrons. The third-order valence-corrected chi connectivity index (χ3v) is 5.12. The molecule has 0 aliphatic heterocycles. The molecule has 0 atom stereocenters. The zero-order valence-electron chi connectivity index (χ0n) is 16.6. The van der Waals surface area contributed by atoms with Gasteiger partial charge in [0, 0.05) is 39.3 Å². The average Bonchev–Trinajstić information content (AvgIpc) is 2.64. The van der Waals surface area contributed by atoms with Crippen LogP contribution in [0.15, 0.2) is 29.3 Å². The van der Waals surface area contributed by atoms with E-state index in [0.717, 1.165) is 12.0 Å². The van der Waals surface area contributed by atoms with E-state index >= 15 is 0 Å².